The van der Waals surface area contributed by atoms with E-state index in [0.717, 1.165) is 5.69 Å². The molecule has 0 bridgehead atoms. The molecule has 0 aliphatic rings. The van der Waals surface area contributed by atoms with Gasteiger partial charge in [-0.1, -0.05) is 0 Å². The van der Waals surface area contributed by atoms with Crippen LogP contribution in [0.4, 0.5) is 0 Å². The summed E-state index contributed by atoms with van der Waals surface area (Å²) < 4.78 is 1.59. The fraction of sp³-hybridized carbons (Fsp3) is 0.429. The minimum Gasteiger partial charge on any atom is -0.364 e. The monoisotopic (exact) mass is 153 g/mol. The molecule has 1 aromatic heterocycles. The zero-order valence-electron chi connectivity index (χ0n) is 6.66. The van der Waals surface area contributed by atoms with Crippen molar-refractivity contribution in [1.29, 1.82) is 0 Å². The third-order valence-corrected chi connectivity index (χ3v) is 1.45. The Labute approximate surface area is 65.0 Å². The summed E-state index contributed by atoms with van der Waals surface area (Å²) in [6.45, 7) is 4.42. The lowest BCUT2D eigenvalue weighted by Crippen LogP contribution is -2.16. The van der Waals surface area contributed by atoms with Crippen LogP contribution in [0.15, 0.2) is 6.07 Å². The molecule has 0 fully saturated rings. The molecule has 0 aromatic carbocycles. The maximum atomic E-state index is 10.8. The maximum absolute atomic E-state index is 10.8. The third-order valence-electron chi connectivity index (χ3n) is 1.45. The van der Waals surface area contributed by atoms with Crippen molar-refractivity contribution in [3.63, 3.8) is 0 Å². The molecular formula is C7H11N3O. The number of aromatic nitrogens is 2. The van der Waals surface area contributed by atoms with Gasteiger partial charge in [-0.2, -0.15) is 5.10 Å². The Morgan fingerprint density at radius 1 is 1.82 bits per heavy atom. The summed E-state index contributed by atoms with van der Waals surface area (Å²) in [5.41, 5.74) is 6.40. The van der Waals surface area contributed by atoms with Gasteiger partial charge < -0.3 is 5.73 Å². The molecule has 4 nitrogen and oxygen atoms in total. The smallest absolute Gasteiger partial charge is 0.266 e. The van der Waals surface area contributed by atoms with Crippen LogP contribution in [0.25, 0.3) is 0 Å². The first-order valence-electron chi connectivity index (χ1n) is 3.49. The van der Waals surface area contributed by atoms with Gasteiger partial charge in [-0.25, -0.2) is 0 Å². The minimum atomic E-state index is -0.424. The van der Waals surface area contributed by atoms with Crippen molar-refractivity contribution in [3.8, 4) is 0 Å². The molecule has 11 heavy (non-hydrogen) atoms. The normalized spacial score (nSPS) is 10.0. The van der Waals surface area contributed by atoms with Gasteiger partial charge in [-0.05, 0) is 19.9 Å². The average molecular weight is 153 g/mol. The van der Waals surface area contributed by atoms with E-state index in [1.54, 1.807) is 10.7 Å². The Hall–Kier alpha value is -1.32. The van der Waals surface area contributed by atoms with E-state index in [0.29, 0.717) is 12.2 Å². The minimum absolute atomic E-state index is 0.424. The summed E-state index contributed by atoms with van der Waals surface area (Å²) in [7, 11) is 0. The topological polar surface area (TPSA) is 60.9 Å². The highest BCUT2D eigenvalue weighted by molar-refractivity contribution is 5.91. The van der Waals surface area contributed by atoms with E-state index in [4.69, 9.17) is 5.73 Å². The second kappa shape index (κ2) is 2.74. The van der Waals surface area contributed by atoms with E-state index >= 15 is 0 Å². The van der Waals surface area contributed by atoms with E-state index in [-0.39, 0.29) is 0 Å². The lowest BCUT2D eigenvalue weighted by molar-refractivity contribution is 0.0990. The molecule has 0 saturated heterocycles. The predicted molar refractivity (Wildman–Crippen MR) is 41.2 cm³/mol. The molecule has 0 radical (unpaired) electrons. The largest absolute Gasteiger partial charge is 0.364 e. The first-order valence-corrected chi connectivity index (χ1v) is 3.49. The number of carbonyl (C=O) groups excluding carboxylic acids is 1. The fourth-order valence-electron chi connectivity index (χ4n) is 0.985. The highest BCUT2D eigenvalue weighted by Crippen LogP contribution is 2.01. The zero-order valence-corrected chi connectivity index (χ0v) is 6.66. The van der Waals surface area contributed by atoms with Crippen LogP contribution in [-0.2, 0) is 6.54 Å². The fourth-order valence-corrected chi connectivity index (χ4v) is 0.985. The van der Waals surface area contributed by atoms with Crippen molar-refractivity contribution in [2.24, 2.45) is 5.73 Å². The maximum Gasteiger partial charge on any atom is 0.266 e. The van der Waals surface area contributed by atoms with Crippen LogP contribution in [0.5, 0.6) is 0 Å². The van der Waals surface area contributed by atoms with Crippen molar-refractivity contribution in [1.82, 2.24) is 9.78 Å². The van der Waals surface area contributed by atoms with Crippen LogP contribution >= 0.6 is 0 Å². The van der Waals surface area contributed by atoms with Gasteiger partial charge in [0.2, 0.25) is 0 Å². The van der Waals surface area contributed by atoms with Crippen molar-refractivity contribution in [2.75, 3.05) is 0 Å². The summed E-state index contributed by atoms with van der Waals surface area (Å²) in [5.74, 6) is -0.424. The van der Waals surface area contributed by atoms with E-state index < -0.39 is 5.91 Å². The molecule has 60 valence electrons. The number of carbonyl (C=O) groups is 1. The van der Waals surface area contributed by atoms with Crippen molar-refractivity contribution < 1.29 is 4.79 Å². The van der Waals surface area contributed by atoms with Crippen LogP contribution < -0.4 is 5.73 Å². The standard InChI is InChI=1S/C7H11N3O/c1-3-10-6(7(8)11)4-5(2)9-10/h4H,3H2,1-2H3,(H2,8,11). The Morgan fingerprint density at radius 2 is 2.45 bits per heavy atom. The number of nitrogens with zero attached hydrogens (tertiary/aromatic N) is 2. The molecule has 0 atom stereocenters. The van der Waals surface area contributed by atoms with Crippen molar-refractivity contribution >= 4 is 5.91 Å². The number of aryl methyl sites for hydroxylation is 2. The quantitative estimate of drug-likeness (QED) is 0.664. The Balaban J connectivity index is 3.12. The zero-order chi connectivity index (χ0) is 8.43. The van der Waals surface area contributed by atoms with Crippen molar-refractivity contribution in [2.45, 2.75) is 20.4 Å². The molecule has 1 rings (SSSR count). The van der Waals surface area contributed by atoms with E-state index in [1.165, 1.54) is 0 Å². The van der Waals surface area contributed by atoms with Crippen LogP contribution in [-0.4, -0.2) is 15.7 Å². The van der Waals surface area contributed by atoms with Gasteiger partial charge in [0.25, 0.3) is 5.91 Å². The summed E-state index contributed by atoms with van der Waals surface area (Å²) in [4.78, 5) is 10.8. The SMILES string of the molecule is CCn1nc(C)cc1C(N)=O. The number of nitrogens with two attached hydrogens (primary N) is 1. The Bertz CT molecular complexity index is 277. The van der Waals surface area contributed by atoms with Gasteiger partial charge in [0, 0.05) is 6.54 Å². The molecule has 0 aliphatic heterocycles. The van der Waals surface area contributed by atoms with Crippen molar-refractivity contribution in [3.05, 3.63) is 17.5 Å². The van der Waals surface area contributed by atoms with E-state index in [2.05, 4.69) is 5.10 Å². The van der Waals surface area contributed by atoms with Gasteiger partial charge >= 0.3 is 0 Å². The molecule has 1 aromatic rings. The summed E-state index contributed by atoms with van der Waals surface area (Å²) in [6, 6.07) is 1.69. The van der Waals surface area contributed by atoms with Crippen LogP contribution in [0.1, 0.15) is 23.1 Å². The molecule has 1 heterocycles. The molecular weight excluding hydrogens is 142 g/mol. The second-order valence-corrected chi connectivity index (χ2v) is 2.35. The summed E-state index contributed by atoms with van der Waals surface area (Å²) in [5, 5.41) is 4.07. The van der Waals surface area contributed by atoms with Gasteiger partial charge in [0.15, 0.2) is 0 Å². The highest BCUT2D eigenvalue weighted by Gasteiger charge is 2.07. The Morgan fingerprint density at radius 3 is 2.82 bits per heavy atom. The second-order valence-electron chi connectivity index (χ2n) is 2.35. The highest BCUT2D eigenvalue weighted by atomic mass is 16.1. The molecule has 1 amide bonds. The van der Waals surface area contributed by atoms with Gasteiger partial charge in [0.05, 0.1) is 5.69 Å². The first kappa shape index (κ1) is 7.78. The summed E-state index contributed by atoms with van der Waals surface area (Å²) >= 11 is 0. The number of amides is 1. The number of hydrogen-bond acceptors (Lipinski definition) is 2. The average Bonchev–Trinajstić information content (AvgIpc) is 2.30. The molecule has 0 unspecified atom stereocenters. The molecule has 4 heteroatoms. The first-order chi connectivity index (χ1) is 5.15. The number of primary amides is 1. The van der Waals surface area contributed by atoms with Gasteiger partial charge in [0.1, 0.15) is 5.69 Å². The molecule has 0 spiro atoms. The van der Waals surface area contributed by atoms with Gasteiger partial charge in [-0.15, -0.1) is 0 Å². The third kappa shape index (κ3) is 1.39. The molecule has 0 aliphatic carbocycles. The molecule has 2 N–H and O–H groups in total. The summed E-state index contributed by atoms with van der Waals surface area (Å²) in [6.07, 6.45) is 0. The van der Waals surface area contributed by atoms with Crippen LogP contribution in [0, 0.1) is 6.92 Å². The lowest BCUT2D eigenvalue weighted by Gasteiger charge is -1.97. The predicted octanol–water partition coefficient (Wildman–Crippen LogP) is 0.310. The number of hydrogen-bond donors (Lipinski definition) is 1. The van der Waals surface area contributed by atoms with E-state index in [1.807, 2.05) is 13.8 Å². The Kier molecular flexibility index (Phi) is 1.94. The molecule has 0 saturated carbocycles. The number of rotatable bonds is 2. The lowest BCUT2D eigenvalue weighted by atomic mass is 10.3. The van der Waals surface area contributed by atoms with E-state index in [9.17, 15) is 4.79 Å². The van der Waals surface area contributed by atoms with Crippen LogP contribution in [0.2, 0.25) is 0 Å². The van der Waals surface area contributed by atoms with Crippen LogP contribution in [0.3, 0.4) is 0 Å². The van der Waals surface area contributed by atoms with Gasteiger partial charge in [-0.3, -0.25) is 9.48 Å².